The molecule has 1 unspecified atom stereocenters. The second-order valence-corrected chi connectivity index (χ2v) is 6.02. The fourth-order valence-corrected chi connectivity index (χ4v) is 3.28. The van der Waals surface area contributed by atoms with Gasteiger partial charge in [-0.2, -0.15) is 0 Å². The predicted octanol–water partition coefficient (Wildman–Crippen LogP) is 1.49. The van der Waals surface area contributed by atoms with Gasteiger partial charge in [-0.05, 0) is 31.5 Å². The van der Waals surface area contributed by atoms with E-state index in [9.17, 15) is 4.79 Å². The summed E-state index contributed by atoms with van der Waals surface area (Å²) in [5.74, 6) is 1.16. The van der Waals surface area contributed by atoms with Crippen LogP contribution in [0.1, 0.15) is 19.3 Å². The Balaban J connectivity index is 1.56. The number of piperidine rings is 1. The van der Waals surface area contributed by atoms with Crippen LogP contribution in [0.3, 0.4) is 0 Å². The number of methoxy groups -OCH3 is 1. The molecule has 0 aliphatic carbocycles. The van der Waals surface area contributed by atoms with E-state index in [1.54, 1.807) is 7.11 Å². The Morgan fingerprint density at radius 2 is 2.05 bits per heavy atom. The van der Waals surface area contributed by atoms with Gasteiger partial charge in [0.25, 0.3) is 0 Å². The van der Waals surface area contributed by atoms with Gasteiger partial charge in [-0.15, -0.1) is 0 Å². The minimum atomic E-state index is 0.0390. The summed E-state index contributed by atoms with van der Waals surface area (Å²) in [6.07, 6.45) is 3.33. The van der Waals surface area contributed by atoms with Crippen LogP contribution in [0.25, 0.3) is 0 Å². The van der Waals surface area contributed by atoms with Crippen molar-refractivity contribution in [1.82, 2.24) is 10.2 Å². The van der Waals surface area contributed by atoms with Crippen LogP contribution in [0.4, 0.5) is 5.69 Å². The van der Waals surface area contributed by atoms with E-state index >= 15 is 0 Å². The normalized spacial score (nSPS) is 22.5. The number of ether oxygens (including phenoxy) is 1. The minimum Gasteiger partial charge on any atom is -0.497 e. The summed E-state index contributed by atoms with van der Waals surface area (Å²) in [6.45, 7) is 4.33. The monoisotopic (exact) mass is 303 g/mol. The third kappa shape index (κ3) is 3.35. The van der Waals surface area contributed by atoms with Gasteiger partial charge in [0.2, 0.25) is 5.91 Å². The van der Waals surface area contributed by atoms with Gasteiger partial charge < -0.3 is 19.9 Å². The molecule has 0 aromatic heterocycles. The fourth-order valence-electron chi connectivity index (χ4n) is 3.28. The summed E-state index contributed by atoms with van der Waals surface area (Å²) in [6, 6.07) is 8.16. The third-order valence-electron chi connectivity index (χ3n) is 4.62. The molecular formula is C17H25N3O2. The van der Waals surface area contributed by atoms with Gasteiger partial charge >= 0.3 is 0 Å². The van der Waals surface area contributed by atoms with Crippen molar-refractivity contribution in [2.45, 2.75) is 25.3 Å². The van der Waals surface area contributed by atoms with Crippen molar-refractivity contribution in [3.8, 4) is 5.75 Å². The number of piperazine rings is 1. The third-order valence-corrected chi connectivity index (χ3v) is 4.62. The van der Waals surface area contributed by atoms with Crippen LogP contribution in [-0.4, -0.2) is 56.7 Å². The molecule has 3 rings (SSSR count). The molecule has 0 radical (unpaired) electrons. The maximum atomic E-state index is 12.5. The summed E-state index contributed by atoms with van der Waals surface area (Å²) in [4.78, 5) is 16.9. The number of nitrogens with zero attached hydrogens (tertiary/aromatic N) is 2. The molecule has 1 atom stereocenters. The lowest BCUT2D eigenvalue weighted by Gasteiger charge is -2.38. The largest absolute Gasteiger partial charge is 0.497 e. The van der Waals surface area contributed by atoms with E-state index in [0.29, 0.717) is 0 Å². The molecule has 1 amide bonds. The van der Waals surface area contributed by atoms with E-state index < -0.39 is 0 Å². The lowest BCUT2D eigenvalue weighted by molar-refractivity contribution is -0.134. The van der Waals surface area contributed by atoms with Crippen LogP contribution < -0.4 is 15.0 Å². The zero-order valence-corrected chi connectivity index (χ0v) is 13.3. The van der Waals surface area contributed by atoms with Crippen LogP contribution in [0.2, 0.25) is 0 Å². The molecule has 2 heterocycles. The second kappa shape index (κ2) is 7.01. The van der Waals surface area contributed by atoms with Gasteiger partial charge in [-0.25, -0.2) is 0 Å². The van der Waals surface area contributed by atoms with Gasteiger partial charge in [0.1, 0.15) is 5.75 Å². The number of hydrogen-bond acceptors (Lipinski definition) is 4. The van der Waals surface area contributed by atoms with Crippen LogP contribution in [-0.2, 0) is 4.79 Å². The molecule has 0 saturated carbocycles. The molecule has 22 heavy (non-hydrogen) atoms. The Bertz CT molecular complexity index is 506. The highest BCUT2D eigenvalue weighted by Crippen LogP contribution is 2.22. The Morgan fingerprint density at radius 1 is 1.23 bits per heavy atom. The van der Waals surface area contributed by atoms with Gasteiger partial charge in [0.05, 0.1) is 13.2 Å². The first-order valence-corrected chi connectivity index (χ1v) is 8.19. The summed E-state index contributed by atoms with van der Waals surface area (Å²) in [7, 11) is 1.69. The van der Waals surface area contributed by atoms with Gasteiger partial charge in [0.15, 0.2) is 0 Å². The Kier molecular flexibility index (Phi) is 4.83. The number of amides is 1. The number of carbonyl (C=O) groups excluding carboxylic acids is 1. The summed E-state index contributed by atoms with van der Waals surface area (Å²) in [5, 5.41) is 3.35. The molecule has 2 saturated heterocycles. The van der Waals surface area contributed by atoms with E-state index in [0.717, 1.165) is 51.3 Å². The molecule has 1 aromatic carbocycles. The number of rotatable bonds is 3. The highest BCUT2D eigenvalue weighted by Gasteiger charge is 2.28. The summed E-state index contributed by atoms with van der Waals surface area (Å²) in [5.41, 5.74) is 1.17. The Morgan fingerprint density at radius 3 is 2.73 bits per heavy atom. The van der Waals surface area contributed by atoms with Crippen molar-refractivity contribution < 1.29 is 9.53 Å². The van der Waals surface area contributed by atoms with Gasteiger partial charge in [-0.3, -0.25) is 4.79 Å². The maximum Gasteiger partial charge on any atom is 0.239 e. The molecule has 5 heteroatoms. The van der Waals surface area contributed by atoms with Gasteiger partial charge in [-0.1, -0.05) is 12.5 Å². The van der Waals surface area contributed by atoms with Crippen LogP contribution in [0, 0.1) is 0 Å². The highest BCUT2D eigenvalue weighted by atomic mass is 16.5. The first kappa shape index (κ1) is 15.2. The Labute approximate surface area is 132 Å². The molecule has 2 fully saturated rings. The summed E-state index contributed by atoms with van der Waals surface area (Å²) < 4.78 is 5.28. The van der Waals surface area contributed by atoms with Crippen molar-refractivity contribution in [2.24, 2.45) is 0 Å². The molecule has 1 aromatic rings. The predicted molar refractivity (Wildman–Crippen MR) is 87.4 cm³/mol. The van der Waals surface area contributed by atoms with E-state index in [4.69, 9.17) is 4.74 Å². The molecule has 0 bridgehead atoms. The molecular weight excluding hydrogens is 278 g/mol. The maximum absolute atomic E-state index is 12.5. The standard InChI is InChI=1S/C17H25N3O2/c1-22-15-6-4-5-14(13-15)19-9-11-20(12-10-19)17(21)16-7-2-3-8-18-16/h4-6,13,16,18H,2-3,7-12H2,1H3. The quantitative estimate of drug-likeness (QED) is 0.919. The molecule has 0 spiro atoms. The van der Waals surface area contributed by atoms with Crippen molar-refractivity contribution in [2.75, 3.05) is 44.7 Å². The number of anilines is 1. The number of hydrogen-bond donors (Lipinski definition) is 1. The smallest absolute Gasteiger partial charge is 0.239 e. The molecule has 5 nitrogen and oxygen atoms in total. The minimum absolute atomic E-state index is 0.0390. The van der Waals surface area contributed by atoms with Crippen molar-refractivity contribution >= 4 is 11.6 Å². The van der Waals surface area contributed by atoms with Crippen LogP contribution in [0.5, 0.6) is 5.75 Å². The van der Waals surface area contributed by atoms with Crippen molar-refractivity contribution in [3.05, 3.63) is 24.3 Å². The fraction of sp³-hybridized carbons (Fsp3) is 0.588. The average Bonchev–Trinajstić information content (AvgIpc) is 2.62. The van der Waals surface area contributed by atoms with Crippen molar-refractivity contribution in [1.29, 1.82) is 0 Å². The van der Waals surface area contributed by atoms with Gasteiger partial charge in [0, 0.05) is 37.9 Å². The lowest BCUT2D eigenvalue weighted by atomic mass is 10.0. The van der Waals surface area contributed by atoms with E-state index in [-0.39, 0.29) is 11.9 Å². The average molecular weight is 303 g/mol. The number of carbonyl (C=O) groups is 1. The van der Waals surface area contributed by atoms with Crippen LogP contribution >= 0.6 is 0 Å². The first-order valence-electron chi connectivity index (χ1n) is 8.19. The topological polar surface area (TPSA) is 44.8 Å². The zero-order chi connectivity index (χ0) is 15.4. The van der Waals surface area contributed by atoms with E-state index in [1.807, 2.05) is 17.0 Å². The zero-order valence-electron chi connectivity index (χ0n) is 13.3. The molecule has 1 N–H and O–H groups in total. The molecule has 2 aliphatic heterocycles. The lowest BCUT2D eigenvalue weighted by Crippen LogP contribution is -2.55. The van der Waals surface area contributed by atoms with E-state index in [2.05, 4.69) is 22.3 Å². The number of nitrogens with one attached hydrogen (secondary N) is 1. The molecule has 120 valence electrons. The second-order valence-electron chi connectivity index (χ2n) is 6.02. The SMILES string of the molecule is COc1cccc(N2CCN(C(=O)C3CCCCN3)CC2)c1. The highest BCUT2D eigenvalue weighted by molar-refractivity contribution is 5.82. The molecule has 2 aliphatic rings. The van der Waals surface area contributed by atoms with Crippen molar-refractivity contribution in [3.63, 3.8) is 0 Å². The summed E-state index contributed by atoms with van der Waals surface area (Å²) >= 11 is 0. The Hall–Kier alpha value is -1.75. The van der Waals surface area contributed by atoms with Crippen LogP contribution in [0.15, 0.2) is 24.3 Å². The number of benzene rings is 1. The van der Waals surface area contributed by atoms with E-state index in [1.165, 1.54) is 12.1 Å². The first-order chi connectivity index (χ1) is 10.8.